The Labute approximate surface area is 182 Å². The van der Waals surface area contributed by atoms with E-state index in [2.05, 4.69) is 15.3 Å². The molecule has 6 heteroatoms. The van der Waals surface area contributed by atoms with Gasteiger partial charge in [-0.3, -0.25) is 14.6 Å². The van der Waals surface area contributed by atoms with Crippen LogP contribution in [0.2, 0.25) is 0 Å². The Bertz CT molecular complexity index is 1070. The van der Waals surface area contributed by atoms with E-state index >= 15 is 0 Å². The molecule has 1 heterocycles. The van der Waals surface area contributed by atoms with E-state index in [1.807, 2.05) is 76.2 Å². The number of nitrogens with two attached hydrogens (primary N) is 1. The van der Waals surface area contributed by atoms with Gasteiger partial charge in [0.15, 0.2) is 0 Å². The second-order valence-electron chi connectivity index (χ2n) is 8.24. The highest BCUT2D eigenvalue weighted by atomic mass is 16.2. The van der Waals surface area contributed by atoms with E-state index in [-0.39, 0.29) is 11.6 Å². The number of aromatic nitrogens is 2. The smallest absolute Gasteiger partial charge is 0.272 e. The molecule has 6 nitrogen and oxygen atoms in total. The van der Waals surface area contributed by atoms with Crippen LogP contribution in [0.4, 0.5) is 0 Å². The van der Waals surface area contributed by atoms with Crippen LogP contribution in [0.5, 0.6) is 0 Å². The Balaban J connectivity index is 2.02. The minimum Gasteiger partial charge on any atom is -0.368 e. The fourth-order valence-electron chi connectivity index (χ4n) is 3.28. The highest BCUT2D eigenvalue weighted by Crippen LogP contribution is 2.29. The molecule has 1 aromatic heterocycles. The Kier molecular flexibility index (Phi) is 6.80. The van der Waals surface area contributed by atoms with Gasteiger partial charge < -0.3 is 11.1 Å². The number of carbonyl (C=O) groups is 2. The van der Waals surface area contributed by atoms with Crippen molar-refractivity contribution in [1.29, 1.82) is 0 Å². The number of amides is 2. The van der Waals surface area contributed by atoms with Crippen LogP contribution in [0, 0.1) is 19.8 Å². The molecule has 0 spiro atoms. The van der Waals surface area contributed by atoms with Crippen molar-refractivity contribution in [3.63, 3.8) is 0 Å². The monoisotopic (exact) mass is 416 g/mol. The molecule has 160 valence electrons. The number of nitrogens with one attached hydrogen (secondary N) is 1. The topological polar surface area (TPSA) is 98.0 Å². The zero-order valence-electron chi connectivity index (χ0n) is 18.3. The number of nitrogens with zero attached hydrogens (tertiary/aromatic N) is 2. The third kappa shape index (κ3) is 5.54. The van der Waals surface area contributed by atoms with E-state index in [1.165, 1.54) is 6.20 Å². The lowest BCUT2D eigenvalue weighted by molar-refractivity contribution is -0.120. The van der Waals surface area contributed by atoms with Gasteiger partial charge in [-0.15, -0.1) is 0 Å². The summed E-state index contributed by atoms with van der Waals surface area (Å²) >= 11 is 0. The first-order valence-electron chi connectivity index (χ1n) is 10.4. The van der Waals surface area contributed by atoms with Gasteiger partial charge in [0.05, 0.1) is 17.6 Å². The lowest BCUT2D eigenvalue weighted by Crippen LogP contribution is -2.45. The van der Waals surface area contributed by atoms with Crippen LogP contribution in [-0.4, -0.2) is 27.8 Å². The zero-order chi connectivity index (χ0) is 22.5. The highest BCUT2D eigenvalue weighted by molar-refractivity contribution is 5.96. The molecule has 1 atom stereocenters. The Morgan fingerprint density at radius 2 is 1.42 bits per heavy atom. The van der Waals surface area contributed by atoms with E-state index in [0.717, 1.165) is 22.3 Å². The Morgan fingerprint density at radius 1 is 0.903 bits per heavy atom. The molecule has 0 radical (unpaired) electrons. The van der Waals surface area contributed by atoms with Crippen molar-refractivity contribution in [2.24, 2.45) is 11.7 Å². The molecular formula is C25H28N4O2. The summed E-state index contributed by atoms with van der Waals surface area (Å²) in [5.74, 6) is -0.832. The van der Waals surface area contributed by atoms with E-state index in [9.17, 15) is 9.59 Å². The van der Waals surface area contributed by atoms with Crippen molar-refractivity contribution in [3.05, 3.63) is 71.5 Å². The molecule has 0 aliphatic heterocycles. The molecule has 0 aliphatic carbocycles. The average Bonchev–Trinajstić information content (AvgIpc) is 2.73. The fourth-order valence-corrected chi connectivity index (χ4v) is 3.28. The Hall–Kier alpha value is -3.54. The second kappa shape index (κ2) is 9.51. The number of hydrogen-bond acceptors (Lipinski definition) is 4. The third-order valence-electron chi connectivity index (χ3n) is 5.01. The van der Waals surface area contributed by atoms with Crippen LogP contribution in [-0.2, 0) is 4.79 Å². The van der Waals surface area contributed by atoms with Crippen molar-refractivity contribution in [1.82, 2.24) is 15.3 Å². The van der Waals surface area contributed by atoms with Gasteiger partial charge in [0, 0.05) is 11.1 Å². The molecule has 0 aliphatic rings. The summed E-state index contributed by atoms with van der Waals surface area (Å²) in [4.78, 5) is 33.8. The van der Waals surface area contributed by atoms with Gasteiger partial charge in [-0.25, -0.2) is 4.98 Å². The molecule has 0 saturated heterocycles. The molecule has 3 N–H and O–H groups in total. The van der Waals surface area contributed by atoms with Gasteiger partial charge in [-0.1, -0.05) is 73.5 Å². The molecule has 0 saturated carbocycles. The molecule has 0 fully saturated rings. The summed E-state index contributed by atoms with van der Waals surface area (Å²) in [5.41, 5.74) is 10.9. The molecule has 1 unspecified atom stereocenters. The van der Waals surface area contributed by atoms with Crippen molar-refractivity contribution in [2.75, 3.05) is 0 Å². The van der Waals surface area contributed by atoms with Crippen LogP contribution in [0.3, 0.4) is 0 Å². The standard InChI is InChI=1S/C25H28N4O2/c1-15(2)13-20(24(26)30)29-25(31)21-14-27-22(18-9-5-16(3)6-10-18)23(28-21)19-11-7-17(4)8-12-19/h5-12,14-15,20H,13H2,1-4H3,(H2,26,30)(H,29,31). The number of aryl methyl sites for hydroxylation is 2. The van der Waals surface area contributed by atoms with Gasteiger partial charge >= 0.3 is 0 Å². The quantitative estimate of drug-likeness (QED) is 0.607. The highest BCUT2D eigenvalue weighted by Gasteiger charge is 2.22. The molecule has 3 aromatic rings. The van der Waals surface area contributed by atoms with Crippen LogP contribution in [0.1, 0.15) is 41.9 Å². The van der Waals surface area contributed by atoms with Gasteiger partial charge in [0.2, 0.25) is 5.91 Å². The minimum absolute atomic E-state index is 0.140. The summed E-state index contributed by atoms with van der Waals surface area (Å²) in [7, 11) is 0. The maximum Gasteiger partial charge on any atom is 0.272 e. The van der Waals surface area contributed by atoms with E-state index in [1.54, 1.807) is 0 Å². The van der Waals surface area contributed by atoms with Crippen LogP contribution in [0.15, 0.2) is 54.7 Å². The fraction of sp³-hybridized carbons (Fsp3) is 0.280. The third-order valence-corrected chi connectivity index (χ3v) is 5.01. The first-order valence-corrected chi connectivity index (χ1v) is 10.4. The maximum atomic E-state index is 12.8. The molecule has 31 heavy (non-hydrogen) atoms. The number of rotatable bonds is 7. The van der Waals surface area contributed by atoms with Crippen molar-refractivity contribution < 1.29 is 9.59 Å². The van der Waals surface area contributed by atoms with Gasteiger partial charge in [-0.05, 0) is 26.2 Å². The van der Waals surface area contributed by atoms with E-state index < -0.39 is 17.9 Å². The summed E-state index contributed by atoms with van der Waals surface area (Å²) < 4.78 is 0. The first kappa shape index (κ1) is 22.2. The predicted octanol–water partition coefficient (Wildman–Crippen LogP) is 4.06. The lowest BCUT2D eigenvalue weighted by Gasteiger charge is -2.17. The number of primary amides is 1. The number of hydrogen-bond donors (Lipinski definition) is 2. The zero-order valence-corrected chi connectivity index (χ0v) is 18.3. The average molecular weight is 417 g/mol. The van der Waals surface area contributed by atoms with Crippen LogP contribution in [0.25, 0.3) is 22.5 Å². The minimum atomic E-state index is -0.756. The second-order valence-corrected chi connectivity index (χ2v) is 8.24. The Morgan fingerprint density at radius 3 is 1.90 bits per heavy atom. The summed E-state index contributed by atoms with van der Waals surface area (Å²) in [6.07, 6.45) is 1.90. The number of benzene rings is 2. The van der Waals surface area contributed by atoms with Gasteiger partial charge in [0.25, 0.3) is 5.91 Å². The summed E-state index contributed by atoms with van der Waals surface area (Å²) in [6.45, 7) is 7.97. The molecular weight excluding hydrogens is 388 g/mol. The number of carbonyl (C=O) groups excluding carboxylic acids is 2. The van der Waals surface area contributed by atoms with Gasteiger partial charge in [0.1, 0.15) is 11.7 Å². The maximum absolute atomic E-state index is 12.8. The molecule has 0 bridgehead atoms. The van der Waals surface area contributed by atoms with Crippen molar-refractivity contribution in [3.8, 4) is 22.5 Å². The van der Waals surface area contributed by atoms with Crippen molar-refractivity contribution in [2.45, 2.75) is 40.2 Å². The SMILES string of the molecule is Cc1ccc(-c2ncc(C(=O)NC(CC(C)C)C(N)=O)nc2-c2ccc(C)cc2)cc1. The molecule has 2 aromatic carbocycles. The molecule has 2 amide bonds. The predicted molar refractivity (Wildman–Crippen MR) is 122 cm³/mol. The molecule has 3 rings (SSSR count). The van der Waals surface area contributed by atoms with E-state index in [4.69, 9.17) is 5.73 Å². The van der Waals surface area contributed by atoms with E-state index in [0.29, 0.717) is 17.8 Å². The van der Waals surface area contributed by atoms with Crippen LogP contribution >= 0.6 is 0 Å². The van der Waals surface area contributed by atoms with Crippen molar-refractivity contribution >= 4 is 11.8 Å². The van der Waals surface area contributed by atoms with Gasteiger partial charge in [-0.2, -0.15) is 0 Å². The van der Waals surface area contributed by atoms with Crippen LogP contribution < -0.4 is 11.1 Å². The summed E-state index contributed by atoms with van der Waals surface area (Å²) in [5, 5.41) is 2.70. The lowest BCUT2D eigenvalue weighted by atomic mass is 10.0. The normalized spacial score (nSPS) is 11.9. The first-order chi connectivity index (χ1) is 14.7. The summed E-state index contributed by atoms with van der Waals surface area (Å²) in [6, 6.07) is 15.2. The largest absolute Gasteiger partial charge is 0.368 e.